The second kappa shape index (κ2) is 10.1. The van der Waals surface area contributed by atoms with Gasteiger partial charge in [0, 0.05) is 23.2 Å². The number of aliphatic hydroxyl groups excluding tert-OH is 1. The summed E-state index contributed by atoms with van der Waals surface area (Å²) in [6.07, 6.45) is 5.13. The molecule has 0 aromatic rings. The molecular formula is C23H35BrN2O5S. The molecule has 7 nitrogen and oxygen atoms in total. The smallest absolute Gasteiger partial charge is 0.308 e. The molecule has 2 amide bonds. The molecule has 0 radical (unpaired) electrons. The van der Waals surface area contributed by atoms with Crippen LogP contribution in [0.5, 0.6) is 0 Å². The molecule has 3 saturated heterocycles. The Morgan fingerprint density at radius 1 is 1.41 bits per heavy atom. The van der Waals surface area contributed by atoms with Crippen LogP contribution in [0.4, 0.5) is 0 Å². The fraction of sp³-hybridized carbons (Fsp3) is 0.783. The molecular weight excluding hydrogens is 496 g/mol. The van der Waals surface area contributed by atoms with E-state index in [1.54, 1.807) is 15.9 Å². The number of aliphatic hydroxyl groups is 1. The maximum Gasteiger partial charge on any atom is 0.308 e. The molecule has 9 heteroatoms. The number of thioether (sulfide) groups is 1. The van der Waals surface area contributed by atoms with E-state index in [0.29, 0.717) is 19.5 Å². The Hall–Kier alpha value is -1.06. The lowest BCUT2D eigenvalue weighted by Crippen LogP contribution is -2.58. The molecule has 2 N–H and O–H groups in total. The number of fused-ring (bicyclic) bond motifs is 1. The van der Waals surface area contributed by atoms with Crippen molar-refractivity contribution in [3.8, 4) is 0 Å². The van der Waals surface area contributed by atoms with Crippen LogP contribution in [0.15, 0.2) is 12.7 Å². The van der Waals surface area contributed by atoms with Gasteiger partial charge >= 0.3 is 5.97 Å². The molecule has 0 aromatic heterocycles. The van der Waals surface area contributed by atoms with Gasteiger partial charge in [0.25, 0.3) is 0 Å². The molecule has 32 heavy (non-hydrogen) atoms. The van der Waals surface area contributed by atoms with Gasteiger partial charge in [-0.25, -0.2) is 0 Å². The summed E-state index contributed by atoms with van der Waals surface area (Å²) in [5.74, 6) is -3.12. The van der Waals surface area contributed by atoms with Crippen LogP contribution < -0.4 is 0 Å². The summed E-state index contributed by atoms with van der Waals surface area (Å²) < 4.78 is -0.803. The predicted octanol–water partition coefficient (Wildman–Crippen LogP) is 2.76. The van der Waals surface area contributed by atoms with Gasteiger partial charge in [-0.2, -0.15) is 0 Å². The van der Waals surface area contributed by atoms with Crippen molar-refractivity contribution in [1.29, 1.82) is 0 Å². The summed E-state index contributed by atoms with van der Waals surface area (Å²) in [4.78, 5) is 43.3. The number of carboxylic acid groups (broad SMARTS) is 1. The van der Waals surface area contributed by atoms with Gasteiger partial charge in [0.15, 0.2) is 0 Å². The number of halogens is 1. The number of nitrogens with zero attached hydrogens (tertiary/aromatic N) is 2. The van der Waals surface area contributed by atoms with Crippen LogP contribution in [-0.2, 0) is 14.4 Å². The summed E-state index contributed by atoms with van der Waals surface area (Å²) >= 11 is 5.15. The van der Waals surface area contributed by atoms with Crippen LogP contribution >= 0.6 is 27.7 Å². The summed E-state index contributed by atoms with van der Waals surface area (Å²) in [7, 11) is 0. The molecule has 3 aliphatic rings. The number of carbonyl (C=O) groups is 3. The molecule has 1 spiro atoms. The van der Waals surface area contributed by atoms with Gasteiger partial charge in [-0.05, 0) is 18.8 Å². The minimum atomic E-state index is -0.990. The third-order valence-electron chi connectivity index (χ3n) is 7.25. The van der Waals surface area contributed by atoms with Gasteiger partial charge in [-0.15, -0.1) is 18.3 Å². The van der Waals surface area contributed by atoms with E-state index in [1.165, 1.54) is 11.8 Å². The number of alkyl halides is 1. The second-order valence-electron chi connectivity index (χ2n) is 9.52. The molecule has 3 aliphatic heterocycles. The van der Waals surface area contributed by atoms with Gasteiger partial charge < -0.3 is 20.0 Å². The van der Waals surface area contributed by atoms with E-state index in [-0.39, 0.29) is 34.4 Å². The molecule has 3 fully saturated rings. The number of unbranched alkanes of at least 4 members (excludes halogenated alkanes) is 2. The SMILES string of the molecule is C=CCN(CCCCC)C(=O)C1N([C@@H](CO)C(C)C)C(=O)[C@@H]2[C@@H](C(=O)O)[C@@H]3SC12CC3Br. The zero-order chi connectivity index (χ0) is 23.8. The second-order valence-corrected chi connectivity index (χ2v) is 12.2. The third kappa shape index (κ3) is 4.02. The van der Waals surface area contributed by atoms with E-state index in [1.807, 2.05) is 13.8 Å². The summed E-state index contributed by atoms with van der Waals surface area (Å²) in [6, 6.07) is -1.33. The molecule has 3 rings (SSSR count). The first kappa shape index (κ1) is 25.6. The minimum Gasteiger partial charge on any atom is -0.481 e. The van der Waals surface area contributed by atoms with Crippen LogP contribution in [0, 0.1) is 17.8 Å². The first-order valence-electron chi connectivity index (χ1n) is 11.5. The molecule has 0 aliphatic carbocycles. The van der Waals surface area contributed by atoms with Crippen LogP contribution in [0.1, 0.15) is 46.5 Å². The highest BCUT2D eigenvalue weighted by molar-refractivity contribution is 9.09. The Kier molecular flexibility index (Phi) is 8.03. The average molecular weight is 532 g/mol. The van der Waals surface area contributed by atoms with Crippen molar-refractivity contribution in [3.05, 3.63) is 12.7 Å². The number of carbonyl (C=O) groups excluding carboxylic acids is 2. The number of carboxylic acids is 1. The Morgan fingerprint density at radius 3 is 2.62 bits per heavy atom. The highest BCUT2D eigenvalue weighted by Gasteiger charge is 2.76. The number of rotatable bonds is 11. The molecule has 7 atom stereocenters. The van der Waals surface area contributed by atoms with Crippen molar-refractivity contribution < 1.29 is 24.6 Å². The Labute approximate surface area is 203 Å². The van der Waals surface area contributed by atoms with Crippen LogP contribution in [0.25, 0.3) is 0 Å². The lowest BCUT2D eigenvalue weighted by molar-refractivity contribution is -0.150. The molecule has 0 aromatic carbocycles. The lowest BCUT2D eigenvalue weighted by atomic mass is 9.71. The first-order valence-corrected chi connectivity index (χ1v) is 13.3. The standard InChI is InChI=1S/C23H35BrN2O5S/c1-5-7-8-10-25(9-6-2)21(29)19-23-11-14(24)18(32-23)16(22(30)31)17(23)20(28)26(19)15(12-27)13(3)4/h6,13-19,27H,2,5,7-12H2,1,3-4H3,(H,30,31)/t14?,15-,16+,17-,18+,19?,23?/m0/s1. The van der Waals surface area contributed by atoms with Gasteiger partial charge in [0.2, 0.25) is 11.8 Å². The monoisotopic (exact) mass is 530 g/mol. The normalized spacial score (nSPS) is 34.1. The predicted molar refractivity (Wildman–Crippen MR) is 129 cm³/mol. The van der Waals surface area contributed by atoms with E-state index in [9.17, 15) is 24.6 Å². The molecule has 2 bridgehead atoms. The first-order chi connectivity index (χ1) is 15.2. The van der Waals surface area contributed by atoms with Crippen LogP contribution in [-0.4, -0.2) is 84.4 Å². The average Bonchev–Trinajstić information content (AvgIpc) is 3.31. The van der Waals surface area contributed by atoms with Crippen molar-refractivity contribution in [2.75, 3.05) is 19.7 Å². The van der Waals surface area contributed by atoms with Crippen LogP contribution in [0.2, 0.25) is 0 Å². The molecule has 180 valence electrons. The number of likely N-dealkylation sites (tertiary alicyclic amines) is 1. The summed E-state index contributed by atoms with van der Waals surface area (Å²) in [5, 5.41) is 19.9. The highest BCUT2D eigenvalue weighted by atomic mass is 79.9. The fourth-order valence-corrected chi connectivity index (χ4v) is 9.37. The zero-order valence-electron chi connectivity index (χ0n) is 19.1. The number of aliphatic carboxylic acids is 1. The van der Waals surface area contributed by atoms with E-state index >= 15 is 0 Å². The molecule has 3 unspecified atom stereocenters. The number of hydrogen-bond donors (Lipinski definition) is 2. The van der Waals surface area contributed by atoms with Crippen molar-refractivity contribution in [2.45, 2.75) is 73.4 Å². The Morgan fingerprint density at radius 2 is 2.09 bits per heavy atom. The Balaban J connectivity index is 2.08. The van der Waals surface area contributed by atoms with Crippen molar-refractivity contribution >= 4 is 45.5 Å². The van der Waals surface area contributed by atoms with Gasteiger partial charge in [0.1, 0.15) is 6.04 Å². The number of amides is 2. The number of hydrogen-bond acceptors (Lipinski definition) is 5. The summed E-state index contributed by atoms with van der Waals surface area (Å²) in [5.41, 5.74) is 0. The summed E-state index contributed by atoms with van der Waals surface area (Å²) in [6.45, 7) is 10.4. The quantitative estimate of drug-likeness (QED) is 0.242. The van der Waals surface area contributed by atoms with Crippen molar-refractivity contribution in [3.63, 3.8) is 0 Å². The van der Waals surface area contributed by atoms with E-state index in [0.717, 1.165) is 19.3 Å². The Bertz CT molecular complexity index is 765. The zero-order valence-corrected chi connectivity index (χ0v) is 21.5. The van der Waals surface area contributed by atoms with E-state index in [2.05, 4.69) is 29.4 Å². The third-order valence-corrected chi connectivity index (χ3v) is 10.5. The lowest BCUT2D eigenvalue weighted by Gasteiger charge is -2.41. The maximum atomic E-state index is 14.1. The maximum absolute atomic E-state index is 14.1. The van der Waals surface area contributed by atoms with Crippen molar-refractivity contribution in [1.82, 2.24) is 9.80 Å². The van der Waals surface area contributed by atoms with Gasteiger partial charge in [-0.1, -0.05) is 55.6 Å². The topological polar surface area (TPSA) is 98.2 Å². The van der Waals surface area contributed by atoms with Crippen molar-refractivity contribution in [2.24, 2.45) is 17.8 Å². The van der Waals surface area contributed by atoms with Gasteiger partial charge in [0.05, 0.1) is 29.2 Å². The minimum absolute atomic E-state index is 0.0762. The van der Waals surface area contributed by atoms with E-state index < -0.39 is 34.6 Å². The largest absolute Gasteiger partial charge is 0.481 e. The van der Waals surface area contributed by atoms with Gasteiger partial charge in [-0.3, -0.25) is 14.4 Å². The molecule has 3 heterocycles. The van der Waals surface area contributed by atoms with Crippen LogP contribution in [0.3, 0.4) is 0 Å². The fourth-order valence-electron chi connectivity index (χ4n) is 5.78. The highest BCUT2D eigenvalue weighted by Crippen LogP contribution is 2.68. The molecule has 0 saturated carbocycles. The van der Waals surface area contributed by atoms with E-state index in [4.69, 9.17) is 0 Å².